The molecule has 2 aromatic rings. The summed E-state index contributed by atoms with van der Waals surface area (Å²) in [7, 11) is 2.96. The Balaban J connectivity index is 2.72. The third-order valence-electron chi connectivity index (χ3n) is 2.91. The van der Waals surface area contributed by atoms with Gasteiger partial charge >= 0.3 is 5.97 Å². The first-order valence-electron chi connectivity index (χ1n) is 5.82. The zero-order valence-corrected chi connectivity index (χ0v) is 11.0. The van der Waals surface area contributed by atoms with Crippen LogP contribution in [0.4, 0.5) is 4.39 Å². The largest absolute Gasteiger partial charge is 0.497 e. The fourth-order valence-electron chi connectivity index (χ4n) is 1.95. The van der Waals surface area contributed by atoms with Gasteiger partial charge in [-0.2, -0.15) is 0 Å². The number of methoxy groups -OCH3 is 2. The van der Waals surface area contributed by atoms with Crippen molar-refractivity contribution in [3.05, 3.63) is 47.8 Å². The molecule has 0 atom stereocenters. The molecule has 0 aliphatic carbocycles. The normalized spacial score (nSPS) is 10.2. The lowest BCUT2D eigenvalue weighted by molar-refractivity contribution is 0.0697. The molecule has 2 rings (SSSR count). The number of hydrogen-bond donors (Lipinski definition) is 1. The molecule has 5 heteroatoms. The summed E-state index contributed by atoms with van der Waals surface area (Å²) in [5.41, 5.74) is 0.704. The molecule has 0 heterocycles. The number of carboxylic acids is 1. The quantitative estimate of drug-likeness (QED) is 0.931. The number of rotatable bonds is 4. The Morgan fingerprint density at radius 3 is 2.40 bits per heavy atom. The van der Waals surface area contributed by atoms with E-state index >= 15 is 0 Å². The van der Waals surface area contributed by atoms with Crippen LogP contribution in [0.3, 0.4) is 0 Å². The van der Waals surface area contributed by atoms with Gasteiger partial charge in [-0.3, -0.25) is 0 Å². The zero-order chi connectivity index (χ0) is 14.7. The van der Waals surface area contributed by atoms with Gasteiger partial charge in [-0.15, -0.1) is 0 Å². The molecule has 0 radical (unpaired) electrons. The van der Waals surface area contributed by atoms with Crippen molar-refractivity contribution in [3.8, 4) is 22.6 Å². The predicted octanol–water partition coefficient (Wildman–Crippen LogP) is 3.21. The van der Waals surface area contributed by atoms with Crippen molar-refractivity contribution in [2.45, 2.75) is 0 Å². The number of halogens is 1. The van der Waals surface area contributed by atoms with E-state index in [0.717, 1.165) is 6.07 Å². The van der Waals surface area contributed by atoms with Crippen LogP contribution in [0.2, 0.25) is 0 Å². The van der Waals surface area contributed by atoms with Gasteiger partial charge in [0.2, 0.25) is 0 Å². The Morgan fingerprint density at radius 1 is 1.05 bits per heavy atom. The molecule has 0 aromatic heterocycles. The van der Waals surface area contributed by atoms with Crippen LogP contribution in [0.5, 0.6) is 11.5 Å². The maximum Gasteiger partial charge on any atom is 0.336 e. The molecule has 0 aliphatic heterocycles. The van der Waals surface area contributed by atoms with Crippen LogP contribution in [0.25, 0.3) is 11.1 Å². The molecular formula is C15H13FO4. The van der Waals surface area contributed by atoms with Gasteiger partial charge in [-0.05, 0) is 36.4 Å². The Hall–Kier alpha value is -2.56. The summed E-state index contributed by atoms with van der Waals surface area (Å²) in [6, 6.07) is 8.44. The molecule has 0 unspecified atom stereocenters. The first-order chi connectivity index (χ1) is 9.56. The monoisotopic (exact) mass is 276 g/mol. The summed E-state index contributed by atoms with van der Waals surface area (Å²) >= 11 is 0. The van der Waals surface area contributed by atoms with Gasteiger partial charge in [0.25, 0.3) is 0 Å². The van der Waals surface area contributed by atoms with Gasteiger partial charge in [-0.25, -0.2) is 9.18 Å². The first-order valence-corrected chi connectivity index (χ1v) is 5.82. The second kappa shape index (κ2) is 5.61. The van der Waals surface area contributed by atoms with Crippen LogP contribution < -0.4 is 9.47 Å². The van der Waals surface area contributed by atoms with Crippen LogP contribution in [0.15, 0.2) is 36.4 Å². The van der Waals surface area contributed by atoms with Gasteiger partial charge in [0.1, 0.15) is 17.3 Å². The minimum atomic E-state index is -1.13. The van der Waals surface area contributed by atoms with Crippen molar-refractivity contribution in [2.24, 2.45) is 0 Å². The summed E-state index contributed by atoms with van der Waals surface area (Å²) in [4.78, 5) is 11.3. The van der Waals surface area contributed by atoms with Gasteiger partial charge in [-0.1, -0.05) is 0 Å². The summed E-state index contributed by atoms with van der Waals surface area (Å²) in [5, 5.41) is 9.21. The van der Waals surface area contributed by atoms with E-state index < -0.39 is 11.8 Å². The molecule has 104 valence electrons. The van der Waals surface area contributed by atoms with Crippen LogP contribution >= 0.6 is 0 Å². The number of benzene rings is 2. The Morgan fingerprint density at radius 2 is 1.80 bits per heavy atom. The van der Waals surface area contributed by atoms with E-state index in [2.05, 4.69) is 0 Å². The van der Waals surface area contributed by atoms with E-state index in [1.165, 1.54) is 26.4 Å². The highest BCUT2D eigenvalue weighted by atomic mass is 19.1. The van der Waals surface area contributed by atoms with E-state index in [4.69, 9.17) is 9.47 Å². The number of aromatic carboxylic acids is 1. The molecule has 1 N–H and O–H groups in total. The number of carbonyl (C=O) groups is 1. The van der Waals surface area contributed by atoms with Crippen LogP contribution in [0, 0.1) is 5.82 Å². The average molecular weight is 276 g/mol. The lowest BCUT2D eigenvalue weighted by Gasteiger charge is -2.12. The molecule has 0 spiro atoms. The molecule has 0 fully saturated rings. The van der Waals surface area contributed by atoms with Crippen LogP contribution in [0.1, 0.15) is 10.4 Å². The van der Waals surface area contributed by atoms with Gasteiger partial charge in [0.15, 0.2) is 0 Å². The number of hydrogen-bond acceptors (Lipinski definition) is 3. The van der Waals surface area contributed by atoms with E-state index in [0.29, 0.717) is 17.1 Å². The SMILES string of the molecule is COc1ccc(OC)c(-c2cc(F)ccc2C(=O)O)c1. The topological polar surface area (TPSA) is 55.8 Å². The lowest BCUT2D eigenvalue weighted by Crippen LogP contribution is -2.01. The molecule has 0 saturated heterocycles. The van der Waals surface area contributed by atoms with E-state index in [1.54, 1.807) is 18.2 Å². The average Bonchev–Trinajstić information content (AvgIpc) is 2.46. The van der Waals surface area contributed by atoms with Gasteiger partial charge < -0.3 is 14.6 Å². The van der Waals surface area contributed by atoms with Crippen LogP contribution in [-0.4, -0.2) is 25.3 Å². The maximum atomic E-state index is 13.4. The summed E-state index contributed by atoms with van der Waals surface area (Å²) in [5.74, 6) is -0.681. The van der Waals surface area contributed by atoms with E-state index in [9.17, 15) is 14.3 Å². The fraction of sp³-hybridized carbons (Fsp3) is 0.133. The molecule has 0 amide bonds. The highest BCUT2D eigenvalue weighted by molar-refractivity contribution is 5.97. The van der Waals surface area contributed by atoms with E-state index in [-0.39, 0.29) is 11.1 Å². The third-order valence-corrected chi connectivity index (χ3v) is 2.91. The minimum Gasteiger partial charge on any atom is -0.497 e. The summed E-state index contributed by atoms with van der Waals surface area (Å²) < 4.78 is 23.8. The number of carboxylic acid groups (broad SMARTS) is 1. The second-order valence-corrected chi connectivity index (χ2v) is 4.06. The number of ether oxygens (including phenoxy) is 2. The van der Waals surface area contributed by atoms with Crippen molar-refractivity contribution in [1.82, 2.24) is 0 Å². The van der Waals surface area contributed by atoms with Crippen LogP contribution in [-0.2, 0) is 0 Å². The van der Waals surface area contributed by atoms with Gasteiger partial charge in [0.05, 0.1) is 19.8 Å². The smallest absolute Gasteiger partial charge is 0.336 e. The second-order valence-electron chi connectivity index (χ2n) is 4.06. The summed E-state index contributed by atoms with van der Waals surface area (Å²) in [6.07, 6.45) is 0. The predicted molar refractivity (Wildman–Crippen MR) is 71.9 cm³/mol. The molecule has 0 saturated carbocycles. The highest BCUT2D eigenvalue weighted by Crippen LogP contribution is 2.35. The Kier molecular flexibility index (Phi) is 3.89. The maximum absolute atomic E-state index is 13.4. The molecule has 20 heavy (non-hydrogen) atoms. The van der Waals surface area contributed by atoms with Gasteiger partial charge in [0, 0.05) is 11.1 Å². The third kappa shape index (κ3) is 2.56. The van der Waals surface area contributed by atoms with Crippen molar-refractivity contribution >= 4 is 5.97 Å². The van der Waals surface area contributed by atoms with Crippen molar-refractivity contribution in [3.63, 3.8) is 0 Å². The zero-order valence-electron chi connectivity index (χ0n) is 11.0. The molecule has 0 bridgehead atoms. The molecular weight excluding hydrogens is 263 g/mol. The summed E-state index contributed by atoms with van der Waals surface area (Å²) in [6.45, 7) is 0. The first kappa shape index (κ1) is 13.9. The Labute approximate surface area is 115 Å². The Bertz CT molecular complexity index is 652. The lowest BCUT2D eigenvalue weighted by atomic mass is 9.98. The van der Waals surface area contributed by atoms with Crippen molar-refractivity contribution in [2.75, 3.05) is 14.2 Å². The molecule has 0 aliphatic rings. The minimum absolute atomic E-state index is 0.00190. The molecule has 4 nitrogen and oxygen atoms in total. The fourth-order valence-corrected chi connectivity index (χ4v) is 1.95. The standard InChI is InChI=1S/C15H13FO4/c1-19-10-4-6-14(20-2)13(8-10)12-7-9(16)3-5-11(12)15(17)18/h3-8H,1-2H3,(H,17,18). The molecule has 2 aromatic carbocycles. The van der Waals surface area contributed by atoms with Crippen molar-refractivity contribution < 1.29 is 23.8 Å². The van der Waals surface area contributed by atoms with E-state index in [1.807, 2.05) is 0 Å². The van der Waals surface area contributed by atoms with Crippen molar-refractivity contribution in [1.29, 1.82) is 0 Å². The highest BCUT2D eigenvalue weighted by Gasteiger charge is 2.16.